The van der Waals surface area contributed by atoms with Gasteiger partial charge in [-0.15, -0.1) is 0 Å². The van der Waals surface area contributed by atoms with Gasteiger partial charge in [-0.1, -0.05) is 38.8 Å². The van der Waals surface area contributed by atoms with Gasteiger partial charge in [0.2, 0.25) is 15.9 Å². The molecule has 1 aromatic rings. The van der Waals surface area contributed by atoms with Crippen molar-refractivity contribution in [3.63, 3.8) is 0 Å². The number of rotatable bonds is 7. The Morgan fingerprint density at radius 3 is 2.16 bits per heavy atom. The summed E-state index contributed by atoms with van der Waals surface area (Å²) in [5, 5.41) is 26.1. The summed E-state index contributed by atoms with van der Waals surface area (Å²) >= 11 is 0. The highest BCUT2D eigenvalue weighted by atomic mass is 32.2. The van der Waals surface area contributed by atoms with Gasteiger partial charge in [-0.3, -0.25) is 4.79 Å². The van der Waals surface area contributed by atoms with Crippen molar-refractivity contribution in [3.05, 3.63) is 29.8 Å². The Balaban J connectivity index is 0.000000703. The lowest BCUT2D eigenvalue weighted by Gasteiger charge is -2.34. The van der Waals surface area contributed by atoms with Crippen molar-refractivity contribution in [1.82, 2.24) is 10.6 Å². The summed E-state index contributed by atoms with van der Waals surface area (Å²) in [5.41, 5.74) is 0.995. The number of amides is 1. The lowest BCUT2D eigenvalue weighted by atomic mass is 9.78. The van der Waals surface area contributed by atoms with E-state index >= 15 is 0 Å². The van der Waals surface area contributed by atoms with E-state index in [1.165, 1.54) is 25.0 Å². The molecule has 0 saturated heterocycles. The molecule has 0 heterocycles. The average Bonchev–Trinajstić information content (AvgIpc) is 2.69. The van der Waals surface area contributed by atoms with Gasteiger partial charge >= 0.3 is 11.9 Å². The monoisotopic (exact) mass is 457 g/mol. The standard InChI is InChI=1S/C18H29N3O3S.C2H2O4/c1-13-4-3-5-17(14(13)2)21-18(22)12-20-11-10-15-6-8-16(9-7-15)25(19,23)24;3-1(4)2(5)6/h6-9,13-14,17,20H,3-5,10-12H2,1-2H3,(H,21,22)(H2,19,23,24);(H,3,4)(H,5,6). The highest BCUT2D eigenvalue weighted by Gasteiger charge is 2.27. The van der Waals surface area contributed by atoms with Gasteiger partial charge < -0.3 is 20.8 Å². The average molecular weight is 458 g/mol. The minimum absolute atomic E-state index is 0.0375. The predicted octanol–water partition coefficient (Wildman–Crippen LogP) is 0.563. The first-order chi connectivity index (χ1) is 14.4. The third-order valence-corrected chi connectivity index (χ3v) is 6.29. The fourth-order valence-electron chi connectivity index (χ4n) is 3.32. The van der Waals surface area contributed by atoms with Crippen molar-refractivity contribution in [3.8, 4) is 0 Å². The lowest BCUT2D eigenvalue weighted by Crippen LogP contribution is -2.46. The van der Waals surface area contributed by atoms with Crippen LogP contribution in [0.3, 0.4) is 0 Å². The molecule has 1 aliphatic carbocycles. The minimum Gasteiger partial charge on any atom is -0.473 e. The number of hydrogen-bond acceptors (Lipinski definition) is 6. The highest BCUT2D eigenvalue weighted by Crippen LogP contribution is 2.29. The first kappa shape index (κ1) is 26.5. The molecule has 2 rings (SSSR count). The Labute approximate surface area is 182 Å². The number of primary sulfonamides is 1. The van der Waals surface area contributed by atoms with Crippen molar-refractivity contribution in [2.75, 3.05) is 13.1 Å². The predicted molar refractivity (Wildman–Crippen MR) is 114 cm³/mol. The van der Waals surface area contributed by atoms with Crippen LogP contribution < -0.4 is 15.8 Å². The number of carbonyl (C=O) groups is 3. The molecule has 1 fully saturated rings. The SMILES string of the molecule is CC1CCCC(NC(=O)CNCCc2ccc(S(N)(=O)=O)cc2)C1C.O=C(O)C(=O)O. The van der Waals surface area contributed by atoms with Crippen molar-refractivity contribution < 1.29 is 33.0 Å². The summed E-state index contributed by atoms with van der Waals surface area (Å²) in [4.78, 5) is 30.4. The number of nitrogens with two attached hydrogens (primary N) is 1. The van der Waals surface area contributed by atoms with E-state index in [1.807, 2.05) is 0 Å². The zero-order chi connectivity index (χ0) is 23.6. The van der Waals surface area contributed by atoms with Gasteiger partial charge in [-0.25, -0.2) is 23.1 Å². The third-order valence-electron chi connectivity index (χ3n) is 5.36. The largest absolute Gasteiger partial charge is 0.473 e. The van der Waals surface area contributed by atoms with Gasteiger partial charge in [0.15, 0.2) is 0 Å². The Kier molecular flexibility index (Phi) is 10.6. The number of carboxylic acid groups (broad SMARTS) is 2. The van der Waals surface area contributed by atoms with E-state index in [9.17, 15) is 13.2 Å². The van der Waals surface area contributed by atoms with Crippen LogP contribution in [0.1, 0.15) is 38.7 Å². The van der Waals surface area contributed by atoms with E-state index in [1.54, 1.807) is 12.1 Å². The number of aliphatic carboxylic acids is 2. The first-order valence-electron chi connectivity index (χ1n) is 9.99. The fourth-order valence-corrected chi connectivity index (χ4v) is 3.84. The zero-order valence-corrected chi connectivity index (χ0v) is 18.5. The molecule has 0 aromatic heterocycles. The van der Waals surface area contributed by atoms with Crippen LogP contribution in [0.15, 0.2) is 29.2 Å². The normalized spacial score (nSPS) is 20.8. The maximum atomic E-state index is 12.1. The molecule has 10 nitrogen and oxygen atoms in total. The summed E-state index contributed by atoms with van der Waals surface area (Å²) in [6.45, 7) is 5.42. The van der Waals surface area contributed by atoms with E-state index in [4.69, 9.17) is 24.9 Å². The molecule has 0 spiro atoms. The quantitative estimate of drug-likeness (QED) is 0.291. The molecule has 3 unspecified atom stereocenters. The second-order valence-corrected chi connectivity index (χ2v) is 9.23. The van der Waals surface area contributed by atoms with Gasteiger partial charge in [-0.05, 0) is 48.9 Å². The summed E-state index contributed by atoms with van der Waals surface area (Å²) in [6, 6.07) is 6.77. The Bertz CT molecular complexity index is 844. The summed E-state index contributed by atoms with van der Waals surface area (Å²) in [5.74, 6) is -2.43. The highest BCUT2D eigenvalue weighted by molar-refractivity contribution is 7.89. The van der Waals surface area contributed by atoms with Crippen LogP contribution in [-0.2, 0) is 30.8 Å². The molecule has 11 heteroatoms. The smallest absolute Gasteiger partial charge is 0.414 e. The van der Waals surface area contributed by atoms with Gasteiger partial charge in [-0.2, -0.15) is 0 Å². The molecule has 1 saturated carbocycles. The van der Waals surface area contributed by atoms with Crippen molar-refractivity contribution in [2.24, 2.45) is 17.0 Å². The van der Waals surface area contributed by atoms with Gasteiger partial charge in [0.25, 0.3) is 0 Å². The minimum atomic E-state index is -3.65. The van der Waals surface area contributed by atoms with E-state index in [0.29, 0.717) is 24.9 Å². The van der Waals surface area contributed by atoms with E-state index in [0.717, 1.165) is 18.4 Å². The van der Waals surface area contributed by atoms with E-state index < -0.39 is 22.0 Å². The molecular formula is C20H31N3O7S. The molecular weight excluding hydrogens is 426 g/mol. The molecule has 1 aliphatic rings. The topological polar surface area (TPSA) is 176 Å². The second kappa shape index (κ2) is 12.4. The molecule has 1 aromatic carbocycles. The first-order valence-corrected chi connectivity index (χ1v) is 11.5. The van der Waals surface area contributed by atoms with Crippen molar-refractivity contribution in [2.45, 2.75) is 50.5 Å². The number of benzene rings is 1. The van der Waals surface area contributed by atoms with Crippen LogP contribution in [0.4, 0.5) is 0 Å². The summed E-state index contributed by atoms with van der Waals surface area (Å²) in [7, 11) is -3.65. The zero-order valence-electron chi connectivity index (χ0n) is 17.7. The Morgan fingerprint density at radius 2 is 1.65 bits per heavy atom. The fraction of sp³-hybridized carbons (Fsp3) is 0.550. The maximum absolute atomic E-state index is 12.1. The van der Waals surface area contributed by atoms with Gasteiger partial charge in [0, 0.05) is 6.04 Å². The number of hydrogen-bond donors (Lipinski definition) is 5. The van der Waals surface area contributed by atoms with Crippen molar-refractivity contribution >= 4 is 27.9 Å². The van der Waals surface area contributed by atoms with Crippen LogP contribution in [0, 0.1) is 11.8 Å². The maximum Gasteiger partial charge on any atom is 0.414 e. The number of nitrogens with one attached hydrogen (secondary N) is 2. The van der Waals surface area contributed by atoms with Crippen LogP contribution >= 0.6 is 0 Å². The molecule has 0 aliphatic heterocycles. The number of carboxylic acids is 2. The van der Waals surface area contributed by atoms with E-state index in [2.05, 4.69) is 24.5 Å². The molecule has 31 heavy (non-hydrogen) atoms. The second-order valence-electron chi connectivity index (χ2n) is 7.67. The Morgan fingerprint density at radius 1 is 1.06 bits per heavy atom. The van der Waals surface area contributed by atoms with Gasteiger partial charge in [0.05, 0.1) is 11.4 Å². The van der Waals surface area contributed by atoms with Crippen LogP contribution in [-0.4, -0.2) is 55.6 Å². The molecule has 0 bridgehead atoms. The molecule has 6 N–H and O–H groups in total. The van der Waals surface area contributed by atoms with Crippen LogP contribution in [0.5, 0.6) is 0 Å². The summed E-state index contributed by atoms with van der Waals surface area (Å²) < 4.78 is 22.4. The molecule has 3 atom stereocenters. The van der Waals surface area contributed by atoms with Gasteiger partial charge in [0.1, 0.15) is 0 Å². The number of sulfonamides is 1. The molecule has 174 valence electrons. The van der Waals surface area contributed by atoms with Crippen molar-refractivity contribution in [1.29, 1.82) is 0 Å². The van der Waals surface area contributed by atoms with Crippen LogP contribution in [0.25, 0.3) is 0 Å². The molecule has 0 radical (unpaired) electrons. The lowest BCUT2D eigenvalue weighted by molar-refractivity contribution is -0.159. The number of carbonyl (C=O) groups excluding carboxylic acids is 1. The summed E-state index contributed by atoms with van der Waals surface area (Å²) in [6.07, 6.45) is 4.21. The van der Waals surface area contributed by atoms with E-state index in [-0.39, 0.29) is 16.8 Å². The Hall–Kier alpha value is -2.50. The molecule has 1 amide bonds. The van der Waals surface area contributed by atoms with Crippen LogP contribution in [0.2, 0.25) is 0 Å². The third kappa shape index (κ3) is 9.90.